The Bertz CT molecular complexity index is 725. The number of aliphatic carboxylic acids is 1. The van der Waals surface area contributed by atoms with E-state index in [0.717, 1.165) is 95.6 Å². The van der Waals surface area contributed by atoms with E-state index in [1.165, 1.54) is 0 Å². The van der Waals surface area contributed by atoms with Gasteiger partial charge >= 0.3 is 5.97 Å². The molecule has 6 heteroatoms. The lowest BCUT2D eigenvalue weighted by Gasteiger charge is -2.23. The van der Waals surface area contributed by atoms with Gasteiger partial charge < -0.3 is 24.8 Å². The third-order valence-corrected chi connectivity index (χ3v) is 8.22. The fraction of sp³-hybridized carbons (Fsp3) is 0.767. The molecule has 6 nitrogen and oxygen atoms in total. The molecule has 0 bridgehead atoms. The van der Waals surface area contributed by atoms with E-state index in [2.05, 4.69) is 0 Å². The smallest absolute Gasteiger partial charge is 0.303 e. The maximum absolute atomic E-state index is 10.8. The molecule has 0 spiro atoms. The minimum atomic E-state index is -0.719. The SMILES string of the molecule is O=C(O)CCC[C@H]1CC[C@@H]2[C@@H](CCCCCCC(O)CCCCOc3ccccc3)[C@H](O)C[C@@H]2OC1. The number of carboxylic acids is 1. The molecule has 1 aromatic rings. The van der Waals surface area contributed by atoms with Crippen molar-refractivity contribution in [3.8, 4) is 5.75 Å². The molecule has 1 unspecified atom stereocenters. The summed E-state index contributed by atoms with van der Waals surface area (Å²) in [6.07, 6.45) is 13.7. The van der Waals surface area contributed by atoms with Crippen molar-refractivity contribution in [3.05, 3.63) is 30.3 Å². The van der Waals surface area contributed by atoms with Crippen LogP contribution in [0, 0.1) is 17.8 Å². The third-order valence-electron chi connectivity index (χ3n) is 8.22. The summed E-state index contributed by atoms with van der Waals surface area (Å²) in [6.45, 7) is 1.41. The van der Waals surface area contributed by atoms with Crippen molar-refractivity contribution in [2.75, 3.05) is 13.2 Å². The number of hydrogen-bond acceptors (Lipinski definition) is 5. The Kier molecular flexibility index (Phi) is 13.1. The molecule has 1 saturated carbocycles. The second-order valence-electron chi connectivity index (χ2n) is 11.0. The molecular weight excluding hydrogens is 456 g/mol. The minimum Gasteiger partial charge on any atom is -0.494 e. The van der Waals surface area contributed by atoms with Gasteiger partial charge in [0.15, 0.2) is 0 Å². The van der Waals surface area contributed by atoms with Crippen molar-refractivity contribution in [1.82, 2.24) is 0 Å². The molecule has 3 N–H and O–H groups in total. The first-order valence-corrected chi connectivity index (χ1v) is 14.4. The monoisotopic (exact) mass is 504 g/mol. The predicted octanol–water partition coefficient (Wildman–Crippen LogP) is 5.98. The lowest BCUT2D eigenvalue weighted by atomic mass is 9.84. The second kappa shape index (κ2) is 16.3. The molecule has 1 heterocycles. The molecule has 36 heavy (non-hydrogen) atoms. The molecule has 0 aromatic heterocycles. The third kappa shape index (κ3) is 10.4. The Morgan fingerprint density at radius 2 is 1.72 bits per heavy atom. The summed E-state index contributed by atoms with van der Waals surface area (Å²) in [5.41, 5.74) is 0. The van der Waals surface area contributed by atoms with Crippen LogP contribution >= 0.6 is 0 Å². The summed E-state index contributed by atoms with van der Waals surface area (Å²) in [5, 5.41) is 29.8. The van der Waals surface area contributed by atoms with Gasteiger partial charge in [0, 0.05) is 19.4 Å². The maximum atomic E-state index is 10.8. The first kappa shape index (κ1) is 28.9. The number of hydrogen-bond donors (Lipinski definition) is 3. The average Bonchev–Trinajstić information content (AvgIpc) is 3.02. The fourth-order valence-electron chi connectivity index (χ4n) is 6.13. The quantitative estimate of drug-likeness (QED) is 0.226. The first-order valence-electron chi connectivity index (χ1n) is 14.4. The van der Waals surface area contributed by atoms with Gasteiger partial charge in [0.25, 0.3) is 0 Å². The van der Waals surface area contributed by atoms with Gasteiger partial charge in [-0.3, -0.25) is 4.79 Å². The zero-order chi connectivity index (χ0) is 25.6. The molecule has 2 aliphatic rings. The van der Waals surface area contributed by atoms with Crippen molar-refractivity contribution in [2.45, 2.75) is 115 Å². The summed E-state index contributed by atoms with van der Waals surface area (Å²) in [5.74, 6) is 1.41. The van der Waals surface area contributed by atoms with Crippen LogP contribution < -0.4 is 4.74 Å². The Labute approximate surface area is 217 Å². The molecule has 0 radical (unpaired) electrons. The van der Waals surface area contributed by atoms with E-state index in [4.69, 9.17) is 14.6 Å². The number of aliphatic hydroxyl groups excluding tert-OH is 2. The molecule has 1 saturated heterocycles. The van der Waals surface area contributed by atoms with Crippen LogP contribution in [0.1, 0.15) is 96.3 Å². The summed E-state index contributed by atoms with van der Waals surface area (Å²) < 4.78 is 11.9. The Hall–Kier alpha value is -1.63. The first-order chi connectivity index (χ1) is 17.5. The zero-order valence-corrected chi connectivity index (χ0v) is 21.9. The van der Waals surface area contributed by atoms with E-state index in [-0.39, 0.29) is 24.7 Å². The standard InChI is InChI=1S/C30H48O6/c31-24(13-8-9-20-35-25-14-5-3-6-15-25)12-4-1-2-7-16-26-27-19-18-23(11-10-17-30(33)34)22-36-29(27)21-28(26)32/h3,5-6,14-15,23-24,26-29,31-32H,1-2,4,7-13,16-22H2,(H,33,34)/t23-,24?,26+,27+,28+,29-/m0/s1. The Balaban J connectivity index is 1.21. The van der Waals surface area contributed by atoms with E-state index < -0.39 is 5.97 Å². The van der Waals surface area contributed by atoms with E-state index in [0.29, 0.717) is 31.0 Å². The van der Waals surface area contributed by atoms with Gasteiger partial charge in [-0.2, -0.15) is 0 Å². The minimum absolute atomic E-state index is 0.169. The van der Waals surface area contributed by atoms with Gasteiger partial charge in [0.05, 0.1) is 24.9 Å². The van der Waals surface area contributed by atoms with Crippen LogP contribution in [0.5, 0.6) is 5.75 Å². The van der Waals surface area contributed by atoms with Gasteiger partial charge in [0.1, 0.15) is 5.75 Å². The van der Waals surface area contributed by atoms with Gasteiger partial charge in [-0.05, 0) is 87.7 Å². The van der Waals surface area contributed by atoms with E-state index in [9.17, 15) is 15.0 Å². The van der Waals surface area contributed by atoms with Gasteiger partial charge in [-0.15, -0.1) is 0 Å². The topological polar surface area (TPSA) is 96.2 Å². The molecule has 2 fully saturated rings. The normalized spacial score (nSPS) is 26.8. The molecule has 204 valence electrons. The van der Waals surface area contributed by atoms with Crippen LogP contribution in [-0.2, 0) is 9.53 Å². The molecule has 3 rings (SSSR count). The van der Waals surface area contributed by atoms with Crippen molar-refractivity contribution < 1.29 is 29.6 Å². The number of carbonyl (C=O) groups is 1. The molecular formula is C30H48O6. The van der Waals surface area contributed by atoms with E-state index >= 15 is 0 Å². The number of aliphatic hydroxyl groups is 2. The van der Waals surface area contributed by atoms with E-state index in [1.807, 2.05) is 30.3 Å². The highest BCUT2D eigenvalue weighted by Gasteiger charge is 2.43. The lowest BCUT2D eigenvalue weighted by Crippen LogP contribution is -2.22. The highest BCUT2D eigenvalue weighted by molar-refractivity contribution is 5.66. The number of fused-ring (bicyclic) bond motifs is 1. The van der Waals surface area contributed by atoms with Crippen LogP contribution in [0.2, 0.25) is 0 Å². The maximum Gasteiger partial charge on any atom is 0.303 e. The Morgan fingerprint density at radius 3 is 2.50 bits per heavy atom. The zero-order valence-electron chi connectivity index (χ0n) is 21.9. The fourth-order valence-corrected chi connectivity index (χ4v) is 6.13. The van der Waals surface area contributed by atoms with Crippen LogP contribution in [0.25, 0.3) is 0 Å². The van der Waals surface area contributed by atoms with Crippen molar-refractivity contribution in [3.63, 3.8) is 0 Å². The lowest BCUT2D eigenvalue weighted by molar-refractivity contribution is -0.137. The molecule has 1 aromatic carbocycles. The van der Waals surface area contributed by atoms with Crippen LogP contribution in [-0.4, -0.2) is 52.8 Å². The molecule has 1 aliphatic carbocycles. The highest BCUT2D eigenvalue weighted by atomic mass is 16.5. The van der Waals surface area contributed by atoms with Gasteiger partial charge in [0.2, 0.25) is 0 Å². The van der Waals surface area contributed by atoms with Crippen LogP contribution in [0.3, 0.4) is 0 Å². The second-order valence-corrected chi connectivity index (χ2v) is 11.0. The predicted molar refractivity (Wildman–Crippen MR) is 141 cm³/mol. The highest BCUT2D eigenvalue weighted by Crippen LogP contribution is 2.43. The summed E-state index contributed by atoms with van der Waals surface area (Å²) in [4.78, 5) is 10.8. The van der Waals surface area contributed by atoms with Gasteiger partial charge in [-0.1, -0.05) is 43.9 Å². The number of ether oxygens (including phenoxy) is 2. The van der Waals surface area contributed by atoms with Crippen LogP contribution in [0.15, 0.2) is 30.3 Å². The summed E-state index contributed by atoms with van der Waals surface area (Å²) in [7, 11) is 0. The molecule has 0 amide bonds. The van der Waals surface area contributed by atoms with Crippen molar-refractivity contribution in [1.29, 1.82) is 0 Å². The number of rotatable bonds is 17. The van der Waals surface area contributed by atoms with Crippen molar-refractivity contribution >= 4 is 5.97 Å². The molecule has 6 atom stereocenters. The number of unbranched alkanes of at least 4 members (excludes halogenated alkanes) is 4. The summed E-state index contributed by atoms with van der Waals surface area (Å²) in [6, 6.07) is 9.86. The largest absolute Gasteiger partial charge is 0.494 e. The number of carboxylic acid groups (broad SMARTS) is 1. The van der Waals surface area contributed by atoms with E-state index in [1.54, 1.807) is 0 Å². The summed E-state index contributed by atoms with van der Waals surface area (Å²) >= 11 is 0. The number of para-hydroxylation sites is 1. The average molecular weight is 505 g/mol. The van der Waals surface area contributed by atoms with Crippen LogP contribution in [0.4, 0.5) is 0 Å². The molecule has 1 aliphatic heterocycles. The van der Waals surface area contributed by atoms with Gasteiger partial charge in [-0.25, -0.2) is 0 Å². The van der Waals surface area contributed by atoms with Crippen molar-refractivity contribution in [2.24, 2.45) is 17.8 Å². The Morgan fingerprint density at radius 1 is 0.972 bits per heavy atom. The number of benzene rings is 1.